The van der Waals surface area contributed by atoms with E-state index < -0.39 is 5.60 Å². The number of ether oxygens (including phenoxy) is 1. The van der Waals surface area contributed by atoms with E-state index in [0.717, 1.165) is 32.7 Å². The standard InChI is InChI=1S/C17H36N4O2/c1-13(2)12-20-7-9-21(10-8-20)15(11-18)14(3)19-16(22)23-17(4,5)6/h13-15H,7-12,18H2,1-6H3,(H,19,22). The Labute approximate surface area is 141 Å². The van der Waals surface area contributed by atoms with Crippen molar-refractivity contribution in [2.45, 2.75) is 59.2 Å². The van der Waals surface area contributed by atoms with E-state index in [1.165, 1.54) is 0 Å². The molecule has 1 heterocycles. The third kappa shape index (κ3) is 7.50. The van der Waals surface area contributed by atoms with Crippen LogP contribution in [-0.2, 0) is 4.74 Å². The Morgan fingerprint density at radius 1 is 1.17 bits per heavy atom. The number of nitrogens with two attached hydrogens (primary N) is 1. The Hall–Kier alpha value is -0.850. The number of rotatable bonds is 6. The molecule has 3 N–H and O–H groups in total. The van der Waals surface area contributed by atoms with Crippen molar-refractivity contribution in [1.29, 1.82) is 0 Å². The summed E-state index contributed by atoms with van der Waals surface area (Å²) in [5, 5.41) is 2.93. The summed E-state index contributed by atoms with van der Waals surface area (Å²) in [5.41, 5.74) is 5.49. The summed E-state index contributed by atoms with van der Waals surface area (Å²) in [7, 11) is 0. The SMILES string of the molecule is CC(C)CN1CCN(C(CN)C(C)NC(=O)OC(C)(C)C)CC1. The van der Waals surface area contributed by atoms with Gasteiger partial charge in [-0.1, -0.05) is 13.8 Å². The van der Waals surface area contributed by atoms with Crippen LogP contribution in [0.1, 0.15) is 41.5 Å². The van der Waals surface area contributed by atoms with Crippen LogP contribution >= 0.6 is 0 Å². The van der Waals surface area contributed by atoms with E-state index in [1.54, 1.807) is 0 Å². The van der Waals surface area contributed by atoms with Crippen LogP contribution in [0.25, 0.3) is 0 Å². The molecule has 1 saturated heterocycles. The zero-order valence-corrected chi connectivity index (χ0v) is 15.8. The van der Waals surface area contributed by atoms with Crippen LogP contribution in [0.4, 0.5) is 4.79 Å². The Morgan fingerprint density at radius 2 is 1.74 bits per heavy atom. The van der Waals surface area contributed by atoms with Crippen molar-refractivity contribution in [3.63, 3.8) is 0 Å². The lowest BCUT2D eigenvalue weighted by Crippen LogP contribution is -2.59. The number of carbonyl (C=O) groups excluding carboxylic acids is 1. The largest absolute Gasteiger partial charge is 0.444 e. The van der Waals surface area contributed by atoms with Gasteiger partial charge >= 0.3 is 6.09 Å². The maximum atomic E-state index is 11.9. The number of hydrogen-bond acceptors (Lipinski definition) is 5. The Bertz CT molecular complexity index is 360. The van der Waals surface area contributed by atoms with Gasteiger partial charge in [0, 0.05) is 51.4 Å². The highest BCUT2D eigenvalue weighted by Crippen LogP contribution is 2.12. The quantitative estimate of drug-likeness (QED) is 0.773. The number of hydrogen-bond donors (Lipinski definition) is 2. The summed E-state index contributed by atoms with van der Waals surface area (Å²) in [5.74, 6) is 0.694. The minimum atomic E-state index is -0.482. The number of nitrogens with one attached hydrogen (secondary N) is 1. The molecular weight excluding hydrogens is 292 g/mol. The maximum Gasteiger partial charge on any atom is 0.407 e. The van der Waals surface area contributed by atoms with Gasteiger partial charge in [-0.3, -0.25) is 4.90 Å². The van der Waals surface area contributed by atoms with E-state index in [-0.39, 0.29) is 18.2 Å². The molecule has 0 spiro atoms. The van der Waals surface area contributed by atoms with Crippen molar-refractivity contribution in [3.8, 4) is 0 Å². The van der Waals surface area contributed by atoms with Crippen molar-refractivity contribution in [3.05, 3.63) is 0 Å². The van der Waals surface area contributed by atoms with Crippen LogP contribution < -0.4 is 11.1 Å². The molecule has 1 aliphatic rings. The smallest absolute Gasteiger partial charge is 0.407 e. The predicted octanol–water partition coefficient (Wildman–Crippen LogP) is 1.50. The highest BCUT2D eigenvalue weighted by Gasteiger charge is 2.29. The predicted molar refractivity (Wildman–Crippen MR) is 94.5 cm³/mol. The molecule has 0 aromatic carbocycles. The number of amides is 1. The molecule has 6 heteroatoms. The van der Waals surface area contributed by atoms with Crippen LogP contribution in [0.3, 0.4) is 0 Å². The molecule has 0 aromatic heterocycles. The van der Waals surface area contributed by atoms with Gasteiger partial charge in [-0.15, -0.1) is 0 Å². The van der Waals surface area contributed by atoms with Crippen molar-refractivity contribution < 1.29 is 9.53 Å². The van der Waals surface area contributed by atoms with Gasteiger partial charge in [0.2, 0.25) is 0 Å². The second-order valence-corrected chi connectivity index (χ2v) is 7.97. The van der Waals surface area contributed by atoms with Gasteiger partial charge in [0.1, 0.15) is 5.60 Å². The van der Waals surface area contributed by atoms with Gasteiger partial charge in [0.25, 0.3) is 0 Å². The normalized spacial score (nSPS) is 20.3. The monoisotopic (exact) mass is 328 g/mol. The molecule has 2 atom stereocenters. The second kappa shape index (κ2) is 8.85. The molecule has 23 heavy (non-hydrogen) atoms. The molecule has 136 valence electrons. The highest BCUT2D eigenvalue weighted by atomic mass is 16.6. The van der Waals surface area contributed by atoms with E-state index in [1.807, 2.05) is 27.7 Å². The number of piperazine rings is 1. The highest BCUT2D eigenvalue weighted by molar-refractivity contribution is 5.68. The zero-order valence-electron chi connectivity index (χ0n) is 15.8. The van der Waals surface area contributed by atoms with Crippen LogP contribution in [-0.4, -0.2) is 72.8 Å². The summed E-state index contributed by atoms with van der Waals surface area (Å²) in [6.07, 6.45) is -0.373. The zero-order chi connectivity index (χ0) is 17.6. The lowest BCUT2D eigenvalue weighted by Gasteiger charge is -2.41. The average Bonchev–Trinajstić information content (AvgIpc) is 2.38. The number of nitrogens with zero attached hydrogens (tertiary/aromatic N) is 2. The molecule has 1 amide bonds. The fraction of sp³-hybridized carbons (Fsp3) is 0.941. The van der Waals surface area contributed by atoms with Gasteiger partial charge in [0.15, 0.2) is 0 Å². The molecule has 6 nitrogen and oxygen atoms in total. The summed E-state index contributed by atoms with van der Waals surface area (Å²) in [6, 6.07) is 0.107. The lowest BCUT2D eigenvalue weighted by molar-refractivity contribution is 0.0424. The van der Waals surface area contributed by atoms with E-state index >= 15 is 0 Å². The first-order valence-corrected chi connectivity index (χ1v) is 8.78. The first-order valence-electron chi connectivity index (χ1n) is 8.78. The van der Waals surface area contributed by atoms with Gasteiger partial charge in [-0.2, -0.15) is 0 Å². The fourth-order valence-corrected chi connectivity index (χ4v) is 3.05. The third-order valence-electron chi connectivity index (χ3n) is 4.06. The summed E-state index contributed by atoms with van der Waals surface area (Å²) < 4.78 is 5.33. The van der Waals surface area contributed by atoms with Crippen LogP contribution in [0, 0.1) is 5.92 Å². The number of carbonyl (C=O) groups is 1. The molecule has 0 aliphatic carbocycles. The van der Waals surface area contributed by atoms with Gasteiger partial charge in [-0.05, 0) is 33.6 Å². The van der Waals surface area contributed by atoms with Gasteiger partial charge in [0.05, 0.1) is 0 Å². The maximum absolute atomic E-state index is 11.9. The molecule has 1 fully saturated rings. The van der Waals surface area contributed by atoms with Crippen molar-refractivity contribution in [2.24, 2.45) is 11.7 Å². The molecular formula is C17H36N4O2. The Morgan fingerprint density at radius 3 is 2.17 bits per heavy atom. The molecule has 2 unspecified atom stereocenters. The van der Waals surface area contributed by atoms with Crippen molar-refractivity contribution in [2.75, 3.05) is 39.3 Å². The molecule has 1 aliphatic heterocycles. The van der Waals surface area contributed by atoms with Crippen LogP contribution in [0.5, 0.6) is 0 Å². The molecule has 0 saturated carbocycles. The van der Waals surface area contributed by atoms with Crippen LogP contribution in [0.2, 0.25) is 0 Å². The third-order valence-corrected chi connectivity index (χ3v) is 4.06. The Kier molecular flexibility index (Phi) is 7.77. The van der Waals surface area contributed by atoms with E-state index in [4.69, 9.17) is 10.5 Å². The fourth-order valence-electron chi connectivity index (χ4n) is 3.05. The van der Waals surface area contributed by atoms with Gasteiger partial charge in [-0.25, -0.2) is 4.79 Å². The van der Waals surface area contributed by atoms with Crippen LogP contribution in [0.15, 0.2) is 0 Å². The summed E-state index contributed by atoms with van der Waals surface area (Å²) >= 11 is 0. The van der Waals surface area contributed by atoms with Gasteiger partial charge < -0.3 is 20.7 Å². The summed E-state index contributed by atoms with van der Waals surface area (Å²) in [4.78, 5) is 16.8. The summed E-state index contributed by atoms with van der Waals surface area (Å²) in [6.45, 7) is 17.9. The lowest BCUT2D eigenvalue weighted by atomic mass is 10.1. The average molecular weight is 329 g/mol. The molecule has 0 aromatic rings. The first-order chi connectivity index (χ1) is 10.6. The Balaban J connectivity index is 2.48. The van der Waals surface area contributed by atoms with E-state index in [9.17, 15) is 4.79 Å². The van der Waals surface area contributed by atoms with Crippen molar-refractivity contribution in [1.82, 2.24) is 15.1 Å². The minimum Gasteiger partial charge on any atom is -0.444 e. The van der Waals surface area contributed by atoms with E-state index in [0.29, 0.717) is 12.5 Å². The molecule has 0 bridgehead atoms. The second-order valence-electron chi connectivity index (χ2n) is 7.97. The first kappa shape index (κ1) is 20.2. The number of alkyl carbamates (subject to hydrolysis) is 1. The van der Waals surface area contributed by atoms with Crippen molar-refractivity contribution >= 4 is 6.09 Å². The molecule has 0 radical (unpaired) electrons. The van der Waals surface area contributed by atoms with E-state index in [2.05, 4.69) is 29.0 Å². The molecule has 1 rings (SSSR count). The minimum absolute atomic E-state index is 0.0356. The topological polar surface area (TPSA) is 70.8 Å².